The maximum absolute atomic E-state index is 12.8. The largest absolute Gasteiger partial charge is 0.493 e. The van der Waals surface area contributed by atoms with E-state index in [1.165, 1.54) is 4.90 Å². The van der Waals surface area contributed by atoms with Gasteiger partial charge in [-0.15, -0.1) is 11.8 Å². The van der Waals surface area contributed by atoms with E-state index >= 15 is 0 Å². The summed E-state index contributed by atoms with van der Waals surface area (Å²) in [5.41, 5.74) is 0.890. The highest BCUT2D eigenvalue weighted by atomic mass is 32.2. The highest BCUT2D eigenvalue weighted by molar-refractivity contribution is 7.99. The first-order chi connectivity index (χ1) is 17.6. The Labute approximate surface area is 214 Å². The summed E-state index contributed by atoms with van der Waals surface area (Å²) in [5.74, 6) is 2.66. The normalized spacial score (nSPS) is 15.9. The first-order valence-corrected chi connectivity index (χ1v) is 13.3. The summed E-state index contributed by atoms with van der Waals surface area (Å²) in [4.78, 5) is 45.9. The van der Waals surface area contributed by atoms with Crippen LogP contribution in [-0.2, 0) is 11.5 Å². The molecule has 3 amide bonds. The average Bonchev–Trinajstić information content (AvgIpc) is 3.48. The molecule has 0 bridgehead atoms. The van der Waals surface area contributed by atoms with Crippen LogP contribution in [0.25, 0.3) is 0 Å². The number of nitrogens with zero attached hydrogens (tertiary/aromatic N) is 4. The molecule has 0 saturated carbocycles. The van der Waals surface area contributed by atoms with Crippen LogP contribution >= 0.6 is 11.8 Å². The fraction of sp³-hybridized carbons (Fsp3) is 0.333. The monoisotopic (exact) mass is 504 g/mol. The Bertz CT molecular complexity index is 1200. The van der Waals surface area contributed by atoms with Crippen LogP contribution in [0.2, 0.25) is 0 Å². The van der Waals surface area contributed by atoms with E-state index in [-0.39, 0.29) is 30.3 Å². The Hall–Kier alpha value is -3.59. The second-order valence-electron chi connectivity index (χ2n) is 8.85. The molecule has 0 spiro atoms. The van der Waals surface area contributed by atoms with Gasteiger partial charge >= 0.3 is 0 Å². The fourth-order valence-electron chi connectivity index (χ4n) is 4.69. The van der Waals surface area contributed by atoms with Crippen LogP contribution < -0.4 is 4.74 Å². The van der Waals surface area contributed by atoms with Gasteiger partial charge in [0.2, 0.25) is 5.91 Å². The van der Waals surface area contributed by atoms with E-state index in [1.807, 2.05) is 46.0 Å². The molecule has 36 heavy (non-hydrogen) atoms. The van der Waals surface area contributed by atoms with Crippen molar-refractivity contribution in [3.63, 3.8) is 0 Å². The maximum atomic E-state index is 12.8. The van der Waals surface area contributed by atoms with Crippen LogP contribution in [0.4, 0.5) is 0 Å². The van der Waals surface area contributed by atoms with E-state index in [0.717, 1.165) is 30.2 Å². The molecule has 9 heteroatoms. The van der Waals surface area contributed by atoms with Crippen molar-refractivity contribution >= 4 is 29.5 Å². The van der Waals surface area contributed by atoms with Gasteiger partial charge in [0.05, 0.1) is 23.5 Å². The number of amides is 3. The minimum absolute atomic E-state index is 0.141. The molecule has 0 unspecified atom stereocenters. The molecule has 2 aromatic carbocycles. The molecular weight excluding hydrogens is 476 g/mol. The predicted molar refractivity (Wildman–Crippen MR) is 137 cm³/mol. The molecule has 3 heterocycles. The minimum atomic E-state index is -0.276. The number of benzene rings is 2. The van der Waals surface area contributed by atoms with E-state index in [2.05, 4.69) is 4.98 Å². The number of thioether (sulfide) groups is 1. The number of aromatic nitrogens is 2. The summed E-state index contributed by atoms with van der Waals surface area (Å²) in [6.45, 7) is 2.05. The van der Waals surface area contributed by atoms with E-state index in [4.69, 9.17) is 4.74 Å². The van der Waals surface area contributed by atoms with E-state index < -0.39 is 0 Å². The van der Waals surface area contributed by atoms with Crippen molar-refractivity contribution in [2.75, 3.05) is 31.2 Å². The van der Waals surface area contributed by atoms with Crippen LogP contribution in [0.3, 0.4) is 0 Å². The molecule has 3 aromatic rings. The molecule has 2 aliphatic rings. The molecule has 186 valence electrons. The summed E-state index contributed by atoms with van der Waals surface area (Å²) < 4.78 is 7.56. The molecule has 0 atom stereocenters. The molecule has 2 aliphatic heterocycles. The lowest BCUT2D eigenvalue weighted by Gasteiger charge is -2.32. The zero-order chi connectivity index (χ0) is 24.9. The summed E-state index contributed by atoms with van der Waals surface area (Å²) in [7, 11) is 0. The number of hydrogen-bond acceptors (Lipinski definition) is 6. The topological polar surface area (TPSA) is 84.7 Å². The Morgan fingerprint density at radius 2 is 1.64 bits per heavy atom. The molecular formula is C27H28N4O4S. The van der Waals surface area contributed by atoms with Gasteiger partial charge in [0.25, 0.3) is 11.8 Å². The molecule has 0 aliphatic carbocycles. The highest BCUT2D eigenvalue weighted by Gasteiger charge is 2.36. The number of carbonyl (C=O) groups is 3. The van der Waals surface area contributed by atoms with Crippen LogP contribution in [0.15, 0.2) is 67.0 Å². The fourth-order valence-corrected chi connectivity index (χ4v) is 5.40. The van der Waals surface area contributed by atoms with Crippen LogP contribution in [0, 0.1) is 0 Å². The number of rotatable bonds is 9. The Balaban J connectivity index is 1.09. The predicted octanol–water partition coefficient (Wildman–Crippen LogP) is 3.66. The number of fused-ring (bicyclic) bond motifs is 1. The number of para-hydroxylation sites is 1. The van der Waals surface area contributed by atoms with Gasteiger partial charge in [-0.1, -0.05) is 30.3 Å². The Morgan fingerprint density at radius 3 is 2.33 bits per heavy atom. The van der Waals surface area contributed by atoms with Crippen molar-refractivity contribution in [3.8, 4) is 5.75 Å². The van der Waals surface area contributed by atoms with Crippen LogP contribution in [-0.4, -0.2) is 68.3 Å². The molecule has 1 aromatic heterocycles. The van der Waals surface area contributed by atoms with Crippen molar-refractivity contribution in [3.05, 3.63) is 83.9 Å². The lowest BCUT2D eigenvalue weighted by molar-refractivity contribution is -0.129. The SMILES string of the molecule is O=C(CSCCOc1ccccc1)N1CCC(c2nccn2CN2C(=O)c3ccccc3C2=O)CC1. The second kappa shape index (κ2) is 11.0. The van der Waals surface area contributed by atoms with Crippen molar-refractivity contribution in [2.45, 2.75) is 25.4 Å². The third kappa shape index (κ3) is 5.16. The van der Waals surface area contributed by atoms with Gasteiger partial charge in [0.15, 0.2) is 0 Å². The summed E-state index contributed by atoms with van der Waals surface area (Å²) in [5, 5.41) is 0. The number of carbonyl (C=O) groups excluding carboxylic acids is 3. The van der Waals surface area contributed by atoms with Crippen molar-refractivity contribution < 1.29 is 19.1 Å². The van der Waals surface area contributed by atoms with Gasteiger partial charge in [-0.3, -0.25) is 19.3 Å². The van der Waals surface area contributed by atoms with Gasteiger partial charge in [0.1, 0.15) is 18.2 Å². The standard InChI is InChI=1S/C27H28N4O4S/c32-24(18-36-17-16-35-21-6-2-1-3-7-21)29-13-10-20(11-14-29)25-28-12-15-30(25)19-31-26(33)22-8-4-5-9-23(22)27(31)34/h1-9,12,15,20H,10-11,13-14,16-19H2. The molecule has 0 radical (unpaired) electrons. The summed E-state index contributed by atoms with van der Waals surface area (Å²) >= 11 is 1.59. The van der Waals surface area contributed by atoms with E-state index in [1.54, 1.807) is 42.2 Å². The number of likely N-dealkylation sites (tertiary alicyclic amines) is 1. The second-order valence-corrected chi connectivity index (χ2v) is 9.95. The number of hydrogen-bond donors (Lipinski definition) is 0. The van der Waals surface area contributed by atoms with Crippen LogP contribution in [0.5, 0.6) is 5.75 Å². The minimum Gasteiger partial charge on any atom is -0.493 e. The van der Waals surface area contributed by atoms with Crippen molar-refractivity contribution in [1.82, 2.24) is 19.4 Å². The molecule has 1 fully saturated rings. The number of imide groups is 1. The molecule has 5 rings (SSSR count). The lowest BCUT2D eigenvalue weighted by atomic mass is 9.96. The van der Waals surface area contributed by atoms with Gasteiger partial charge in [-0.25, -0.2) is 4.98 Å². The molecule has 1 saturated heterocycles. The van der Waals surface area contributed by atoms with E-state index in [9.17, 15) is 14.4 Å². The third-order valence-electron chi connectivity index (χ3n) is 6.60. The van der Waals surface area contributed by atoms with Crippen molar-refractivity contribution in [2.24, 2.45) is 0 Å². The molecule has 0 N–H and O–H groups in total. The zero-order valence-electron chi connectivity index (χ0n) is 19.9. The summed E-state index contributed by atoms with van der Waals surface area (Å²) in [6, 6.07) is 16.6. The maximum Gasteiger partial charge on any atom is 0.263 e. The quantitative estimate of drug-likeness (QED) is 0.327. The van der Waals surface area contributed by atoms with Gasteiger partial charge < -0.3 is 14.2 Å². The van der Waals surface area contributed by atoms with Crippen LogP contribution in [0.1, 0.15) is 45.3 Å². The molecule has 8 nitrogen and oxygen atoms in total. The number of piperidine rings is 1. The number of imidazole rings is 1. The average molecular weight is 505 g/mol. The Kier molecular flexibility index (Phi) is 7.36. The van der Waals surface area contributed by atoms with Gasteiger partial charge in [-0.05, 0) is 37.1 Å². The smallest absolute Gasteiger partial charge is 0.263 e. The number of ether oxygens (including phenoxy) is 1. The van der Waals surface area contributed by atoms with Gasteiger partial charge in [-0.2, -0.15) is 0 Å². The van der Waals surface area contributed by atoms with E-state index in [0.29, 0.717) is 36.6 Å². The van der Waals surface area contributed by atoms with Gasteiger partial charge in [0, 0.05) is 37.2 Å². The Morgan fingerprint density at radius 1 is 0.972 bits per heavy atom. The first-order valence-electron chi connectivity index (χ1n) is 12.1. The highest BCUT2D eigenvalue weighted by Crippen LogP contribution is 2.29. The van der Waals surface area contributed by atoms with Crippen molar-refractivity contribution in [1.29, 1.82) is 0 Å². The first kappa shape index (κ1) is 24.1. The lowest BCUT2D eigenvalue weighted by Crippen LogP contribution is -2.40. The third-order valence-corrected chi connectivity index (χ3v) is 7.50. The zero-order valence-corrected chi connectivity index (χ0v) is 20.7. The summed E-state index contributed by atoms with van der Waals surface area (Å²) in [6.07, 6.45) is 5.11.